The first kappa shape index (κ1) is 25.5. The predicted octanol–water partition coefficient (Wildman–Crippen LogP) is 5.50. The van der Waals surface area contributed by atoms with Crippen LogP contribution in [0.3, 0.4) is 0 Å². The van der Waals surface area contributed by atoms with E-state index in [0.29, 0.717) is 18.1 Å². The third kappa shape index (κ3) is 5.26. The number of pyridine rings is 1. The number of carbonyl (C=O) groups is 1. The molecule has 2 atom stereocenters. The van der Waals surface area contributed by atoms with Crippen molar-refractivity contribution in [2.45, 2.75) is 32.4 Å². The molecule has 194 valence electrons. The van der Waals surface area contributed by atoms with Crippen molar-refractivity contribution in [3.8, 4) is 11.4 Å². The number of benzene rings is 2. The van der Waals surface area contributed by atoms with Crippen molar-refractivity contribution in [2.75, 3.05) is 19.0 Å². The van der Waals surface area contributed by atoms with Crippen molar-refractivity contribution in [1.29, 1.82) is 0 Å². The first-order chi connectivity index (χ1) is 18.4. The number of hydrogen-bond donors (Lipinski definition) is 2. The van der Waals surface area contributed by atoms with Gasteiger partial charge in [0, 0.05) is 48.5 Å². The van der Waals surface area contributed by atoms with Crippen molar-refractivity contribution in [3.63, 3.8) is 0 Å². The average Bonchev–Trinajstić information content (AvgIpc) is 3.54. The second-order valence-electron chi connectivity index (χ2n) is 9.44. The van der Waals surface area contributed by atoms with E-state index in [1.54, 1.807) is 13.3 Å². The Morgan fingerprint density at radius 3 is 2.74 bits per heavy atom. The van der Waals surface area contributed by atoms with Crippen molar-refractivity contribution in [2.24, 2.45) is 0 Å². The van der Waals surface area contributed by atoms with Gasteiger partial charge in [0.05, 0.1) is 24.9 Å². The topological polar surface area (TPSA) is 71.4 Å². The molecule has 38 heavy (non-hydrogen) atoms. The van der Waals surface area contributed by atoms with Crippen molar-refractivity contribution >= 4 is 28.9 Å². The third-order valence-electron chi connectivity index (χ3n) is 6.86. The van der Waals surface area contributed by atoms with Crippen LogP contribution in [0.5, 0.6) is 5.75 Å². The minimum Gasteiger partial charge on any atom is -0.497 e. The lowest BCUT2D eigenvalue weighted by Gasteiger charge is -2.29. The third-order valence-corrected chi connectivity index (χ3v) is 7.21. The van der Waals surface area contributed by atoms with Gasteiger partial charge in [-0.15, -0.1) is 0 Å². The number of hydrogen-bond acceptors (Lipinski definition) is 4. The molecular formula is C30H31N5O2S. The summed E-state index contributed by atoms with van der Waals surface area (Å²) >= 11 is 5.81. The van der Waals surface area contributed by atoms with E-state index in [4.69, 9.17) is 17.0 Å². The summed E-state index contributed by atoms with van der Waals surface area (Å²) in [6, 6.07) is 23.7. The highest BCUT2D eigenvalue weighted by Gasteiger charge is 2.41. The van der Waals surface area contributed by atoms with Crippen molar-refractivity contribution in [1.82, 2.24) is 19.8 Å². The van der Waals surface area contributed by atoms with E-state index < -0.39 is 0 Å². The lowest BCUT2D eigenvalue weighted by molar-refractivity contribution is -0.116. The molecule has 3 heterocycles. The highest BCUT2D eigenvalue weighted by molar-refractivity contribution is 7.80. The number of aromatic nitrogens is 2. The molecule has 0 unspecified atom stereocenters. The van der Waals surface area contributed by atoms with E-state index in [1.807, 2.05) is 86.8 Å². The lowest BCUT2D eigenvalue weighted by atomic mass is 10.0. The highest BCUT2D eigenvalue weighted by Crippen LogP contribution is 2.39. The zero-order chi connectivity index (χ0) is 26.6. The van der Waals surface area contributed by atoms with Crippen LogP contribution in [0, 0.1) is 13.8 Å². The van der Waals surface area contributed by atoms with E-state index >= 15 is 0 Å². The van der Waals surface area contributed by atoms with Gasteiger partial charge in [-0.05, 0) is 79.7 Å². The Bertz CT molecular complexity index is 1450. The molecule has 2 N–H and O–H groups in total. The minimum absolute atomic E-state index is 0.0512. The van der Waals surface area contributed by atoms with Crippen LogP contribution < -0.4 is 15.4 Å². The van der Waals surface area contributed by atoms with Crippen LogP contribution in [-0.2, 0) is 4.79 Å². The van der Waals surface area contributed by atoms with Gasteiger partial charge in [-0.2, -0.15) is 0 Å². The van der Waals surface area contributed by atoms with Crippen LogP contribution in [0.4, 0.5) is 5.69 Å². The summed E-state index contributed by atoms with van der Waals surface area (Å²) < 4.78 is 7.61. The Kier molecular flexibility index (Phi) is 7.42. The molecule has 4 aromatic rings. The number of thiocarbonyl (C=S) groups is 1. The van der Waals surface area contributed by atoms with Gasteiger partial charge in [-0.25, -0.2) is 0 Å². The maximum absolute atomic E-state index is 13.0. The number of rotatable bonds is 8. The molecular weight excluding hydrogens is 494 g/mol. The number of amides is 1. The fourth-order valence-corrected chi connectivity index (χ4v) is 5.24. The molecule has 0 aliphatic carbocycles. The van der Waals surface area contributed by atoms with E-state index in [9.17, 15) is 4.79 Å². The maximum Gasteiger partial charge on any atom is 0.226 e. The van der Waals surface area contributed by atoms with Crippen LogP contribution in [0.1, 0.15) is 41.0 Å². The van der Waals surface area contributed by atoms with E-state index in [1.165, 1.54) is 0 Å². The molecule has 2 aromatic heterocycles. The van der Waals surface area contributed by atoms with E-state index in [-0.39, 0.29) is 18.0 Å². The standard InChI is InChI=1S/C30H31N5O2S/c1-20-12-13-21(2)25(18-20)32-27(36)14-17-35-29(28(33-30(35)38)24-10-4-5-15-31-24)26-11-7-16-34(26)22-8-6-9-23(19-22)37-3/h4-13,15-16,18-19,28-29H,14,17H2,1-3H3,(H,32,36)(H,33,38)/t28-,29-/m0/s1. The van der Waals surface area contributed by atoms with E-state index in [0.717, 1.165) is 39.6 Å². The number of nitrogens with one attached hydrogen (secondary N) is 2. The Labute approximate surface area is 228 Å². The van der Waals surface area contributed by atoms with Crippen LogP contribution >= 0.6 is 12.2 Å². The number of methoxy groups -OCH3 is 1. The summed E-state index contributed by atoms with van der Waals surface area (Å²) in [5.41, 5.74) is 5.89. The van der Waals surface area contributed by atoms with Gasteiger partial charge in [0.15, 0.2) is 5.11 Å². The molecule has 1 amide bonds. The maximum atomic E-state index is 13.0. The summed E-state index contributed by atoms with van der Waals surface area (Å²) in [7, 11) is 1.66. The molecule has 1 saturated heterocycles. The monoisotopic (exact) mass is 525 g/mol. The van der Waals surface area contributed by atoms with Gasteiger partial charge in [0.2, 0.25) is 5.91 Å². The van der Waals surface area contributed by atoms with Crippen LogP contribution in [0.2, 0.25) is 0 Å². The summed E-state index contributed by atoms with van der Waals surface area (Å²) in [4.78, 5) is 19.7. The Hall–Kier alpha value is -4.17. The first-order valence-electron chi connectivity index (χ1n) is 12.6. The molecule has 0 spiro atoms. The normalized spacial score (nSPS) is 16.8. The number of anilines is 1. The molecule has 0 saturated carbocycles. The molecule has 2 aromatic carbocycles. The molecule has 1 fully saturated rings. The average molecular weight is 526 g/mol. The predicted molar refractivity (Wildman–Crippen MR) is 154 cm³/mol. The smallest absolute Gasteiger partial charge is 0.226 e. The molecule has 5 rings (SSSR count). The molecule has 1 aliphatic rings. The fourth-order valence-electron chi connectivity index (χ4n) is 4.90. The van der Waals surface area contributed by atoms with Gasteiger partial charge in [-0.1, -0.05) is 24.3 Å². The van der Waals surface area contributed by atoms with Gasteiger partial charge >= 0.3 is 0 Å². The second-order valence-corrected chi connectivity index (χ2v) is 9.83. The minimum atomic E-state index is -0.176. The zero-order valence-corrected chi connectivity index (χ0v) is 22.5. The second kappa shape index (κ2) is 11.1. The molecule has 1 aliphatic heterocycles. The number of carbonyl (C=O) groups excluding carboxylic acids is 1. The SMILES string of the molecule is COc1cccc(-n2cccc2[C@H]2[C@H](c3ccccn3)NC(=S)N2CCC(=O)Nc2cc(C)ccc2C)c1. The fraction of sp³-hybridized carbons (Fsp3) is 0.233. The van der Waals surface area contributed by atoms with Gasteiger partial charge in [0.1, 0.15) is 5.75 Å². The quantitative estimate of drug-likeness (QED) is 0.296. The van der Waals surface area contributed by atoms with Crippen LogP contribution in [-0.4, -0.2) is 39.1 Å². The van der Waals surface area contributed by atoms with Crippen LogP contribution in [0.15, 0.2) is 85.2 Å². The molecule has 0 bridgehead atoms. The number of aryl methyl sites for hydroxylation is 2. The summed E-state index contributed by atoms with van der Waals surface area (Å²) in [5, 5.41) is 7.15. The Morgan fingerprint density at radius 2 is 1.95 bits per heavy atom. The largest absolute Gasteiger partial charge is 0.497 e. The zero-order valence-electron chi connectivity index (χ0n) is 21.7. The number of ether oxygens (including phenoxy) is 1. The first-order valence-corrected chi connectivity index (χ1v) is 13.0. The van der Waals surface area contributed by atoms with Crippen LogP contribution in [0.25, 0.3) is 5.69 Å². The van der Waals surface area contributed by atoms with Gasteiger partial charge in [0.25, 0.3) is 0 Å². The summed E-state index contributed by atoms with van der Waals surface area (Å²) in [6.07, 6.45) is 4.12. The molecule has 7 nitrogen and oxygen atoms in total. The molecule has 8 heteroatoms. The highest BCUT2D eigenvalue weighted by atomic mass is 32.1. The summed E-state index contributed by atoms with van der Waals surface area (Å²) in [6.45, 7) is 4.47. The Balaban J connectivity index is 1.45. The lowest BCUT2D eigenvalue weighted by Crippen LogP contribution is -2.33. The molecule has 0 radical (unpaired) electrons. The van der Waals surface area contributed by atoms with Crippen molar-refractivity contribution < 1.29 is 9.53 Å². The van der Waals surface area contributed by atoms with Gasteiger partial charge < -0.3 is 24.8 Å². The number of nitrogens with zero attached hydrogens (tertiary/aromatic N) is 3. The van der Waals surface area contributed by atoms with E-state index in [2.05, 4.69) is 31.2 Å². The summed E-state index contributed by atoms with van der Waals surface area (Å²) in [5.74, 6) is 0.730. The van der Waals surface area contributed by atoms with Gasteiger partial charge in [-0.3, -0.25) is 9.78 Å². The Morgan fingerprint density at radius 1 is 1.08 bits per heavy atom. The van der Waals surface area contributed by atoms with Crippen molar-refractivity contribution in [3.05, 3.63) is 108 Å².